The lowest BCUT2D eigenvalue weighted by Crippen LogP contribution is -2.27. The third-order valence-corrected chi connectivity index (χ3v) is 6.59. The predicted octanol–water partition coefficient (Wildman–Crippen LogP) is 6.21. The molecule has 1 aliphatic rings. The first kappa shape index (κ1) is 23.9. The molecule has 9 heteroatoms. The Bertz CT molecular complexity index is 1290. The predicted molar refractivity (Wildman–Crippen MR) is 139 cm³/mol. The Morgan fingerprint density at radius 3 is 2.53 bits per heavy atom. The summed E-state index contributed by atoms with van der Waals surface area (Å²) in [7, 11) is 0. The van der Waals surface area contributed by atoms with Crippen molar-refractivity contribution < 1.29 is 18.7 Å². The minimum Gasteiger partial charge on any atom is -0.484 e. The van der Waals surface area contributed by atoms with E-state index in [0.29, 0.717) is 31.4 Å². The van der Waals surface area contributed by atoms with Crippen LogP contribution in [0.1, 0.15) is 11.1 Å². The fourth-order valence-corrected chi connectivity index (χ4v) is 4.59. The van der Waals surface area contributed by atoms with E-state index >= 15 is 0 Å². The van der Waals surface area contributed by atoms with E-state index in [1.165, 1.54) is 40.9 Å². The average molecular weight is 513 g/mol. The number of carbonyl (C=O) groups excluding carboxylic acids is 2. The van der Waals surface area contributed by atoms with Gasteiger partial charge in [0.2, 0.25) is 0 Å². The molecule has 1 fully saturated rings. The molecule has 172 valence electrons. The molecule has 1 heterocycles. The number of thioether (sulfide) groups is 1. The normalized spacial score (nSPS) is 14.6. The maximum absolute atomic E-state index is 13.2. The molecular formula is C25H18ClFN2O3S2. The van der Waals surface area contributed by atoms with E-state index in [-0.39, 0.29) is 24.2 Å². The molecule has 0 radical (unpaired) electrons. The van der Waals surface area contributed by atoms with Crippen LogP contribution in [-0.2, 0) is 9.59 Å². The van der Waals surface area contributed by atoms with Crippen LogP contribution < -0.4 is 15.0 Å². The molecule has 0 unspecified atom stereocenters. The van der Waals surface area contributed by atoms with Gasteiger partial charge in [-0.05, 0) is 72.7 Å². The molecule has 0 atom stereocenters. The molecular weight excluding hydrogens is 495 g/mol. The van der Waals surface area contributed by atoms with Crippen LogP contribution in [0.25, 0.3) is 6.08 Å². The van der Waals surface area contributed by atoms with Gasteiger partial charge in [-0.3, -0.25) is 14.5 Å². The quantitative estimate of drug-likeness (QED) is 0.314. The van der Waals surface area contributed by atoms with E-state index in [2.05, 4.69) is 5.32 Å². The second-order valence-electron chi connectivity index (χ2n) is 7.36. The number of benzene rings is 3. The van der Waals surface area contributed by atoms with Gasteiger partial charge in [0.25, 0.3) is 11.8 Å². The largest absolute Gasteiger partial charge is 0.484 e. The first-order valence-electron chi connectivity index (χ1n) is 10.1. The lowest BCUT2D eigenvalue weighted by molar-refractivity contribution is -0.118. The van der Waals surface area contributed by atoms with E-state index in [9.17, 15) is 14.0 Å². The van der Waals surface area contributed by atoms with Crippen molar-refractivity contribution in [2.24, 2.45) is 0 Å². The first-order valence-corrected chi connectivity index (χ1v) is 11.7. The molecule has 3 aromatic carbocycles. The van der Waals surface area contributed by atoms with E-state index in [4.69, 9.17) is 28.6 Å². The number of anilines is 2. The second-order valence-corrected chi connectivity index (χ2v) is 9.45. The Hall–Kier alpha value is -3.20. The summed E-state index contributed by atoms with van der Waals surface area (Å²) in [6.07, 6.45) is 1.72. The summed E-state index contributed by atoms with van der Waals surface area (Å²) in [5.74, 6) is -0.458. The van der Waals surface area contributed by atoms with Gasteiger partial charge in [0.15, 0.2) is 10.9 Å². The van der Waals surface area contributed by atoms with Gasteiger partial charge in [0, 0.05) is 10.7 Å². The summed E-state index contributed by atoms with van der Waals surface area (Å²) in [6, 6.07) is 17.8. The number of amides is 2. The molecule has 0 bridgehead atoms. The van der Waals surface area contributed by atoms with Crippen molar-refractivity contribution in [3.05, 3.63) is 93.6 Å². The molecule has 5 nitrogen and oxygen atoms in total. The van der Waals surface area contributed by atoms with Crippen LogP contribution in [0.2, 0.25) is 5.02 Å². The van der Waals surface area contributed by atoms with Gasteiger partial charge in [-0.15, -0.1) is 0 Å². The van der Waals surface area contributed by atoms with Crippen molar-refractivity contribution in [1.29, 1.82) is 0 Å². The molecule has 0 aliphatic carbocycles. The van der Waals surface area contributed by atoms with Gasteiger partial charge in [-0.1, -0.05) is 53.8 Å². The maximum atomic E-state index is 13.2. The minimum absolute atomic E-state index is 0.166. The van der Waals surface area contributed by atoms with E-state index < -0.39 is 0 Å². The molecule has 2 amide bonds. The third kappa shape index (κ3) is 5.64. The van der Waals surface area contributed by atoms with Crippen molar-refractivity contribution in [3.8, 4) is 5.75 Å². The molecule has 34 heavy (non-hydrogen) atoms. The summed E-state index contributed by atoms with van der Waals surface area (Å²) in [5, 5.41) is 3.31. The fourth-order valence-electron chi connectivity index (χ4n) is 3.11. The molecule has 1 saturated heterocycles. The Morgan fingerprint density at radius 1 is 1.15 bits per heavy atom. The molecule has 1 N–H and O–H groups in total. The third-order valence-electron chi connectivity index (χ3n) is 4.88. The Kier molecular flexibility index (Phi) is 7.31. The lowest BCUT2D eigenvalue weighted by Gasteiger charge is -2.14. The standard InChI is InChI=1S/C25H18ClFN2O3S2/c1-15-2-7-18(13-21(15)26)28-23(30)14-32-20-10-3-16(4-11-20)12-22-24(31)29(25(33)34-22)19-8-5-17(27)6-9-19/h2-13H,14H2,1H3,(H,28,30)/b22-12-. The number of aryl methyl sites for hydroxylation is 1. The second kappa shape index (κ2) is 10.4. The van der Waals surface area contributed by atoms with Crippen molar-refractivity contribution >= 4 is 69.2 Å². The van der Waals surface area contributed by atoms with Gasteiger partial charge in [-0.25, -0.2) is 4.39 Å². The molecule has 4 rings (SSSR count). The highest BCUT2D eigenvalue weighted by molar-refractivity contribution is 8.27. The molecule has 3 aromatic rings. The van der Waals surface area contributed by atoms with Gasteiger partial charge < -0.3 is 10.1 Å². The van der Waals surface area contributed by atoms with Crippen molar-refractivity contribution in [2.75, 3.05) is 16.8 Å². The topological polar surface area (TPSA) is 58.6 Å². The highest BCUT2D eigenvalue weighted by Crippen LogP contribution is 2.36. The zero-order valence-electron chi connectivity index (χ0n) is 17.9. The smallest absolute Gasteiger partial charge is 0.270 e. The monoisotopic (exact) mass is 512 g/mol. The highest BCUT2D eigenvalue weighted by atomic mass is 35.5. The van der Waals surface area contributed by atoms with Crippen LogP contribution >= 0.6 is 35.6 Å². The number of thiocarbonyl (C=S) groups is 1. The minimum atomic E-state index is -0.385. The number of hydrogen-bond acceptors (Lipinski definition) is 5. The summed E-state index contributed by atoms with van der Waals surface area (Å²) >= 11 is 12.6. The Morgan fingerprint density at radius 2 is 1.85 bits per heavy atom. The van der Waals surface area contributed by atoms with Crippen LogP contribution in [-0.4, -0.2) is 22.7 Å². The number of halogens is 2. The van der Waals surface area contributed by atoms with E-state index in [1.54, 1.807) is 42.5 Å². The van der Waals surface area contributed by atoms with E-state index in [0.717, 1.165) is 11.1 Å². The number of nitrogens with zero attached hydrogens (tertiary/aromatic N) is 1. The van der Waals surface area contributed by atoms with Gasteiger partial charge in [0.05, 0.1) is 10.6 Å². The lowest BCUT2D eigenvalue weighted by atomic mass is 10.2. The van der Waals surface area contributed by atoms with Crippen LogP contribution in [0.5, 0.6) is 5.75 Å². The number of hydrogen-bond donors (Lipinski definition) is 1. The number of rotatable bonds is 6. The summed E-state index contributed by atoms with van der Waals surface area (Å²) in [4.78, 5) is 26.8. The Balaban J connectivity index is 1.36. The average Bonchev–Trinajstić information content (AvgIpc) is 3.09. The van der Waals surface area contributed by atoms with Crippen molar-refractivity contribution in [1.82, 2.24) is 0 Å². The zero-order valence-corrected chi connectivity index (χ0v) is 20.3. The van der Waals surface area contributed by atoms with Crippen LogP contribution in [0.4, 0.5) is 15.8 Å². The number of nitrogens with one attached hydrogen (secondary N) is 1. The van der Waals surface area contributed by atoms with E-state index in [1.807, 2.05) is 13.0 Å². The highest BCUT2D eigenvalue weighted by Gasteiger charge is 2.33. The molecule has 0 saturated carbocycles. The van der Waals surface area contributed by atoms with Gasteiger partial charge in [-0.2, -0.15) is 0 Å². The van der Waals surface area contributed by atoms with Crippen LogP contribution in [0.3, 0.4) is 0 Å². The zero-order chi connectivity index (χ0) is 24.2. The van der Waals surface area contributed by atoms with Crippen LogP contribution in [0.15, 0.2) is 71.6 Å². The maximum Gasteiger partial charge on any atom is 0.270 e. The SMILES string of the molecule is Cc1ccc(NC(=O)COc2ccc(/C=C3\SC(=S)N(c4ccc(F)cc4)C3=O)cc2)cc1Cl. The van der Waals surface area contributed by atoms with Crippen molar-refractivity contribution in [2.45, 2.75) is 6.92 Å². The summed E-state index contributed by atoms with van der Waals surface area (Å²) < 4.78 is 19.1. The first-order chi connectivity index (χ1) is 16.3. The van der Waals surface area contributed by atoms with Gasteiger partial charge in [0.1, 0.15) is 11.6 Å². The molecule has 0 spiro atoms. The van der Waals surface area contributed by atoms with Crippen LogP contribution in [0, 0.1) is 12.7 Å². The molecule has 0 aromatic heterocycles. The van der Waals surface area contributed by atoms with Crippen molar-refractivity contribution in [3.63, 3.8) is 0 Å². The number of carbonyl (C=O) groups is 2. The number of ether oxygens (including phenoxy) is 1. The molecule has 1 aliphatic heterocycles. The summed E-state index contributed by atoms with van der Waals surface area (Å²) in [6.45, 7) is 1.72. The summed E-state index contributed by atoms with van der Waals surface area (Å²) in [5.41, 5.74) is 2.80. The fraction of sp³-hybridized carbons (Fsp3) is 0.0800. The Labute approximate surface area is 210 Å². The van der Waals surface area contributed by atoms with Gasteiger partial charge >= 0.3 is 0 Å².